The van der Waals surface area contributed by atoms with Gasteiger partial charge in [0.15, 0.2) is 0 Å². The van der Waals surface area contributed by atoms with E-state index in [1.807, 2.05) is 24.3 Å². The van der Waals surface area contributed by atoms with Crippen LogP contribution in [0.2, 0.25) is 0 Å². The summed E-state index contributed by atoms with van der Waals surface area (Å²) in [5.41, 5.74) is 1.50. The fourth-order valence-corrected chi connectivity index (χ4v) is 1.86. The summed E-state index contributed by atoms with van der Waals surface area (Å²) in [6.45, 7) is 0. The zero-order valence-electron chi connectivity index (χ0n) is 10.3. The highest BCUT2D eigenvalue weighted by atomic mass is 16.6. The molecule has 19 heavy (non-hydrogen) atoms. The van der Waals surface area contributed by atoms with Gasteiger partial charge >= 0.3 is 6.09 Å². The lowest BCUT2D eigenvalue weighted by Gasteiger charge is -2.25. The number of ether oxygens (including phenoxy) is 1. The number of hydrogen-bond acceptors (Lipinski definition) is 4. The maximum Gasteiger partial charge on any atom is 0.420 e. The molecule has 0 aliphatic carbocycles. The van der Waals surface area contributed by atoms with Crippen LogP contribution in [0, 0.1) is 0 Å². The molecule has 1 aliphatic rings. The van der Waals surface area contributed by atoms with Crippen LogP contribution in [0.15, 0.2) is 42.7 Å². The van der Waals surface area contributed by atoms with Gasteiger partial charge in [0.2, 0.25) is 0 Å². The molecule has 5 heteroatoms. The van der Waals surface area contributed by atoms with E-state index in [9.17, 15) is 4.79 Å². The second-order valence-electron chi connectivity index (χ2n) is 4.06. The number of fused-ring (bicyclic) bond motifs is 1. The van der Waals surface area contributed by atoms with Crippen LogP contribution >= 0.6 is 0 Å². The van der Waals surface area contributed by atoms with Crippen LogP contribution in [0.4, 0.5) is 10.6 Å². The fraction of sp³-hybridized carbons (Fsp3) is 0.0714. The molecule has 0 spiro atoms. The number of hydrogen-bond donors (Lipinski definition) is 0. The zero-order chi connectivity index (χ0) is 13.2. The number of carbonyl (C=O) groups excluding carboxylic acids is 1. The van der Waals surface area contributed by atoms with Gasteiger partial charge in [-0.2, -0.15) is 0 Å². The molecule has 1 aliphatic heterocycles. The van der Waals surface area contributed by atoms with Crippen LogP contribution in [-0.2, 0) is 4.74 Å². The number of carbonyl (C=O) groups is 1. The minimum absolute atomic E-state index is 0.451. The Hall–Kier alpha value is -2.69. The van der Waals surface area contributed by atoms with E-state index in [4.69, 9.17) is 4.74 Å². The lowest BCUT2D eigenvalue weighted by Crippen LogP contribution is -2.32. The minimum atomic E-state index is -0.451. The predicted molar refractivity (Wildman–Crippen MR) is 71.2 cm³/mol. The van der Waals surface area contributed by atoms with Gasteiger partial charge in [-0.05, 0) is 24.3 Å². The van der Waals surface area contributed by atoms with Gasteiger partial charge in [0.25, 0.3) is 0 Å². The maximum atomic E-state index is 11.8. The molecule has 0 radical (unpaired) electrons. The number of cyclic esters (lactones) is 1. The molecule has 3 heterocycles. The van der Waals surface area contributed by atoms with E-state index in [-0.39, 0.29) is 0 Å². The normalized spacial score (nSPS) is 16.2. The Labute approximate surface area is 110 Å². The van der Waals surface area contributed by atoms with Crippen molar-refractivity contribution in [2.45, 2.75) is 0 Å². The van der Waals surface area contributed by atoms with Gasteiger partial charge in [-0.15, -0.1) is 0 Å². The maximum absolute atomic E-state index is 11.8. The molecule has 0 fully saturated rings. The molecule has 94 valence electrons. The first-order chi connectivity index (χ1) is 9.25. The van der Waals surface area contributed by atoms with Crippen molar-refractivity contribution < 1.29 is 9.53 Å². The molecule has 5 nitrogen and oxygen atoms in total. The largest absolute Gasteiger partial charge is 0.420 e. The molecule has 0 unspecified atom stereocenters. The molecule has 0 bridgehead atoms. The van der Waals surface area contributed by atoms with Gasteiger partial charge in [0, 0.05) is 25.5 Å². The molecule has 0 aromatic carbocycles. The lowest BCUT2D eigenvalue weighted by molar-refractivity contribution is 0.199. The van der Waals surface area contributed by atoms with Crippen molar-refractivity contribution in [2.24, 2.45) is 0 Å². The Bertz CT molecular complexity index is 653. The summed E-state index contributed by atoms with van der Waals surface area (Å²) in [6, 6.07) is 9.21. The van der Waals surface area contributed by atoms with Crippen molar-refractivity contribution in [1.82, 2.24) is 9.97 Å². The van der Waals surface area contributed by atoms with Gasteiger partial charge < -0.3 is 4.74 Å². The molecule has 0 atom stereocenters. The molecule has 2 aromatic rings. The van der Waals surface area contributed by atoms with Crippen LogP contribution in [-0.4, -0.2) is 23.1 Å². The molecular formula is C14H11N3O2. The second kappa shape index (κ2) is 4.53. The minimum Gasteiger partial charge on any atom is -0.409 e. The van der Waals surface area contributed by atoms with E-state index >= 15 is 0 Å². The van der Waals surface area contributed by atoms with Crippen LogP contribution in [0.25, 0.3) is 11.8 Å². The van der Waals surface area contributed by atoms with E-state index < -0.39 is 6.09 Å². The Morgan fingerprint density at radius 2 is 2.00 bits per heavy atom. The highest BCUT2D eigenvalue weighted by Crippen LogP contribution is 2.31. The Morgan fingerprint density at radius 1 is 1.16 bits per heavy atom. The van der Waals surface area contributed by atoms with E-state index in [1.165, 1.54) is 4.90 Å². The summed E-state index contributed by atoms with van der Waals surface area (Å²) in [6.07, 6.45) is 4.61. The van der Waals surface area contributed by atoms with E-state index in [1.54, 1.807) is 31.6 Å². The van der Waals surface area contributed by atoms with Crippen molar-refractivity contribution in [1.29, 1.82) is 0 Å². The predicted octanol–water partition coefficient (Wildman–Crippen LogP) is 2.56. The molecule has 2 aromatic heterocycles. The van der Waals surface area contributed by atoms with Crippen LogP contribution in [0.5, 0.6) is 0 Å². The smallest absolute Gasteiger partial charge is 0.409 e. The monoisotopic (exact) mass is 253 g/mol. The quantitative estimate of drug-likeness (QED) is 0.783. The van der Waals surface area contributed by atoms with Crippen LogP contribution in [0.3, 0.4) is 0 Å². The number of pyridine rings is 2. The Balaban J connectivity index is 2.11. The molecule has 0 saturated heterocycles. The van der Waals surface area contributed by atoms with Gasteiger partial charge in [-0.3, -0.25) is 9.88 Å². The van der Waals surface area contributed by atoms with Crippen molar-refractivity contribution >= 4 is 23.7 Å². The first kappa shape index (κ1) is 11.4. The van der Waals surface area contributed by atoms with Gasteiger partial charge in [-0.1, -0.05) is 6.07 Å². The molecule has 3 rings (SSSR count). The SMILES string of the molecule is CN1C(=O)O/C(=C\c2ccccn2)c2cccnc21. The van der Waals surface area contributed by atoms with Crippen molar-refractivity contribution in [2.75, 3.05) is 11.9 Å². The third-order valence-corrected chi connectivity index (χ3v) is 2.81. The highest BCUT2D eigenvalue weighted by molar-refractivity contribution is 6.00. The average Bonchev–Trinajstić information content (AvgIpc) is 2.46. The lowest BCUT2D eigenvalue weighted by atomic mass is 10.1. The number of rotatable bonds is 1. The number of anilines is 1. The standard InChI is InChI=1S/C14H11N3O2/c1-17-13-11(6-4-8-16-13)12(19-14(17)18)9-10-5-2-3-7-15-10/h2-9H,1H3/b12-9-. The Morgan fingerprint density at radius 3 is 2.79 bits per heavy atom. The summed E-state index contributed by atoms with van der Waals surface area (Å²) in [5.74, 6) is 1.05. The zero-order valence-corrected chi connectivity index (χ0v) is 10.3. The first-order valence-electron chi connectivity index (χ1n) is 5.79. The number of nitrogens with zero attached hydrogens (tertiary/aromatic N) is 3. The third kappa shape index (κ3) is 2.06. The molecular weight excluding hydrogens is 242 g/mol. The molecule has 0 N–H and O–H groups in total. The fourth-order valence-electron chi connectivity index (χ4n) is 1.86. The average molecular weight is 253 g/mol. The van der Waals surface area contributed by atoms with E-state index in [0.29, 0.717) is 11.6 Å². The van der Waals surface area contributed by atoms with Crippen molar-refractivity contribution in [3.8, 4) is 0 Å². The van der Waals surface area contributed by atoms with Crippen LogP contribution in [0.1, 0.15) is 11.3 Å². The number of amides is 1. The summed E-state index contributed by atoms with van der Waals surface area (Å²) in [5, 5.41) is 0. The summed E-state index contributed by atoms with van der Waals surface area (Å²) < 4.78 is 5.30. The van der Waals surface area contributed by atoms with Crippen molar-refractivity contribution in [3.05, 3.63) is 54.0 Å². The molecule has 0 saturated carbocycles. The topological polar surface area (TPSA) is 55.3 Å². The van der Waals surface area contributed by atoms with E-state index in [0.717, 1.165) is 11.3 Å². The summed E-state index contributed by atoms with van der Waals surface area (Å²) >= 11 is 0. The van der Waals surface area contributed by atoms with Crippen LogP contribution < -0.4 is 4.90 Å². The summed E-state index contributed by atoms with van der Waals surface area (Å²) in [7, 11) is 1.63. The van der Waals surface area contributed by atoms with E-state index in [2.05, 4.69) is 9.97 Å². The first-order valence-corrected chi connectivity index (χ1v) is 5.79. The highest BCUT2D eigenvalue weighted by Gasteiger charge is 2.27. The summed E-state index contributed by atoms with van der Waals surface area (Å²) in [4.78, 5) is 21.5. The number of aromatic nitrogens is 2. The van der Waals surface area contributed by atoms with Gasteiger partial charge in [0.1, 0.15) is 11.6 Å². The van der Waals surface area contributed by atoms with Crippen molar-refractivity contribution in [3.63, 3.8) is 0 Å². The van der Waals surface area contributed by atoms with Gasteiger partial charge in [-0.25, -0.2) is 9.78 Å². The molecule has 1 amide bonds. The third-order valence-electron chi connectivity index (χ3n) is 2.81. The second-order valence-corrected chi connectivity index (χ2v) is 4.06. The van der Waals surface area contributed by atoms with Gasteiger partial charge in [0.05, 0.1) is 11.3 Å². The Kier molecular flexibility index (Phi) is 2.72.